The van der Waals surface area contributed by atoms with Gasteiger partial charge in [0.15, 0.2) is 0 Å². The fraction of sp³-hybridized carbons (Fsp3) is 0.400. The van der Waals surface area contributed by atoms with Crippen molar-refractivity contribution in [2.75, 3.05) is 0 Å². The van der Waals surface area contributed by atoms with Crippen molar-refractivity contribution < 1.29 is 4.79 Å². The van der Waals surface area contributed by atoms with Gasteiger partial charge in [0.25, 0.3) is 0 Å². The van der Waals surface area contributed by atoms with Crippen molar-refractivity contribution >= 4 is 5.78 Å². The Morgan fingerprint density at radius 2 is 2.43 bits per heavy atom. The monoisotopic (exact) mass is 97.1 g/mol. The van der Waals surface area contributed by atoms with E-state index in [-0.39, 0.29) is 5.78 Å². The third kappa shape index (κ3) is 1.96. The van der Waals surface area contributed by atoms with Gasteiger partial charge < -0.3 is 5.73 Å². The predicted molar refractivity (Wildman–Crippen MR) is 27.5 cm³/mol. The molecule has 0 bridgehead atoms. The van der Waals surface area contributed by atoms with Gasteiger partial charge in [0.05, 0.1) is 6.04 Å². The van der Waals surface area contributed by atoms with Gasteiger partial charge in [0.2, 0.25) is 5.78 Å². The highest BCUT2D eigenvalue weighted by Gasteiger charge is 1.99. The van der Waals surface area contributed by atoms with Crippen LogP contribution < -0.4 is 5.73 Å². The molecule has 0 radical (unpaired) electrons. The van der Waals surface area contributed by atoms with Crippen LogP contribution in [0.3, 0.4) is 0 Å². The van der Waals surface area contributed by atoms with E-state index in [0.717, 1.165) is 0 Å². The lowest BCUT2D eigenvalue weighted by atomic mass is 10.2. The Morgan fingerprint density at radius 3 is 2.43 bits per heavy atom. The molecular formula is C5H7NO. The van der Waals surface area contributed by atoms with Crippen molar-refractivity contribution in [2.45, 2.75) is 13.0 Å². The van der Waals surface area contributed by atoms with E-state index in [4.69, 9.17) is 12.2 Å². The van der Waals surface area contributed by atoms with Gasteiger partial charge in [-0.1, -0.05) is 0 Å². The van der Waals surface area contributed by atoms with E-state index >= 15 is 0 Å². The summed E-state index contributed by atoms with van der Waals surface area (Å²) in [4.78, 5) is 10.2. The van der Waals surface area contributed by atoms with Crippen LogP contribution in [-0.2, 0) is 4.79 Å². The molecule has 38 valence electrons. The summed E-state index contributed by atoms with van der Waals surface area (Å²) in [6.07, 6.45) is 4.69. The fourth-order valence-corrected chi connectivity index (χ4v) is 0.131. The van der Waals surface area contributed by atoms with Crippen LogP contribution in [0, 0.1) is 12.3 Å². The lowest BCUT2D eigenvalue weighted by molar-refractivity contribution is -0.114. The van der Waals surface area contributed by atoms with E-state index < -0.39 is 6.04 Å². The maximum Gasteiger partial charge on any atom is 0.221 e. The topological polar surface area (TPSA) is 43.1 Å². The quantitative estimate of drug-likeness (QED) is 0.355. The third-order valence-corrected chi connectivity index (χ3v) is 0.556. The van der Waals surface area contributed by atoms with Crippen LogP contribution in [0.2, 0.25) is 0 Å². The summed E-state index contributed by atoms with van der Waals surface area (Å²) in [6.45, 7) is 1.56. The van der Waals surface area contributed by atoms with Crippen LogP contribution in [0.1, 0.15) is 6.92 Å². The van der Waals surface area contributed by atoms with Crippen LogP contribution in [0.25, 0.3) is 0 Å². The molecule has 0 aliphatic heterocycles. The van der Waals surface area contributed by atoms with Crippen LogP contribution >= 0.6 is 0 Å². The van der Waals surface area contributed by atoms with Crippen LogP contribution in [0.4, 0.5) is 0 Å². The largest absolute Gasteiger partial charge is 0.321 e. The molecule has 0 aromatic heterocycles. The molecular weight excluding hydrogens is 90.1 g/mol. The lowest BCUT2D eigenvalue weighted by Gasteiger charge is -1.91. The number of carbonyl (C=O) groups is 1. The number of ketones is 1. The van der Waals surface area contributed by atoms with Crippen molar-refractivity contribution in [1.29, 1.82) is 0 Å². The molecule has 0 saturated heterocycles. The minimum Gasteiger partial charge on any atom is -0.321 e. The van der Waals surface area contributed by atoms with Gasteiger partial charge in [-0.2, -0.15) is 0 Å². The molecule has 0 aromatic rings. The predicted octanol–water partition coefficient (Wildman–Crippen LogP) is -0.464. The molecule has 2 N–H and O–H groups in total. The number of hydrogen-bond acceptors (Lipinski definition) is 2. The maximum absolute atomic E-state index is 10.2. The van der Waals surface area contributed by atoms with Crippen molar-refractivity contribution in [1.82, 2.24) is 0 Å². The summed E-state index contributed by atoms with van der Waals surface area (Å²) < 4.78 is 0. The van der Waals surface area contributed by atoms with Crippen molar-refractivity contribution in [3.8, 4) is 12.3 Å². The highest BCUT2D eigenvalue weighted by atomic mass is 16.1. The summed E-state index contributed by atoms with van der Waals surface area (Å²) in [5, 5.41) is 0. The SMILES string of the molecule is C#CC(=O)C(C)N. The van der Waals surface area contributed by atoms with Crippen LogP contribution in [0.15, 0.2) is 0 Å². The summed E-state index contributed by atoms with van der Waals surface area (Å²) in [7, 11) is 0. The smallest absolute Gasteiger partial charge is 0.221 e. The Morgan fingerprint density at radius 1 is 2.00 bits per heavy atom. The van der Waals surface area contributed by atoms with Gasteiger partial charge >= 0.3 is 0 Å². The number of rotatable bonds is 1. The first-order valence-corrected chi connectivity index (χ1v) is 1.94. The molecule has 2 heteroatoms. The minimum absolute atomic E-state index is 0.347. The molecule has 2 nitrogen and oxygen atoms in total. The van der Waals surface area contributed by atoms with Crippen LogP contribution in [-0.4, -0.2) is 11.8 Å². The van der Waals surface area contributed by atoms with E-state index in [0.29, 0.717) is 0 Å². The molecule has 7 heavy (non-hydrogen) atoms. The molecule has 0 aromatic carbocycles. The van der Waals surface area contributed by atoms with Crippen molar-refractivity contribution in [3.05, 3.63) is 0 Å². The van der Waals surface area contributed by atoms with Gasteiger partial charge in [-0.05, 0) is 12.8 Å². The zero-order chi connectivity index (χ0) is 5.86. The summed E-state index contributed by atoms with van der Waals surface area (Å²) >= 11 is 0. The standard InChI is InChI=1S/C5H7NO/c1-3-5(7)4(2)6/h1,4H,6H2,2H3. The summed E-state index contributed by atoms with van der Waals surface area (Å²) in [5.41, 5.74) is 5.05. The average molecular weight is 97.1 g/mol. The first kappa shape index (κ1) is 6.19. The fourth-order valence-electron chi connectivity index (χ4n) is 0.131. The molecule has 1 atom stereocenters. The van der Waals surface area contributed by atoms with E-state index in [1.165, 1.54) is 0 Å². The first-order valence-electron chi connectivity index (χ1n) is 1.94. The zero-order valence-corrected chi connectivity index (χ0v) is 4.14. The highest BCUT2D eigenvalue weighted by Crippen LogP contribution is 1.72. The first-order chi connectivity index (χ1) is 3.18. The van der Waals surface area contributed by atoms with Gasteiger partial charge in [-0.15, -0.1) is 6.42 Å². The average Bonchev–Trinajstić information content (AvgIpc) is 1.65. The van der Waals surface area contributed by atoms with E-state index in [2.05, 4.69) is 0 Å². The van der Waals surface area contributed by atoms with Crippen molar-refractivity contribution in [2.24, 2.45) is 5.73 Å². The molecule has 0 rings (SSSR count). The molecule has 1 unspecified atom stereocenters. The van der Waals surface area contributed by atoms with Gasteiger partial charge in [-0.3, -0.25) is 4.79 Å². The number of Topliss-reactive ketones (excluding diaryl/α,β-unsaturated/α-hetero) is 1. The van der Waals surface area contributed by atoms with Crippen LogP contribution in [0.5, 0.6) is 0 Å². The Bertz CT molecular complexity index is 110. The molecule has 0 amide bonds. The zero-order valence-electron chi connectivity index (χ0n) is 4.14. The molecule has 0 aliphatic carbocycles. The molecule has 0 spiro atoms. The highest BCUT2D eigenvalue weighted by molar-refractivity contribution is 5.98. The Kier molecular flexibility index (Phi) is 2.10. The van der Waals surface area contributed by atoms with Gasteiger partial charge in [0, 0.05) is 0 Å². The normalized spacial score (nSPS) is 12.1. The molecule has 0 saturated carbocycles. The Balaban J connectivity index is 3.64. The van der Waals surface area contributed by atoms with E-state index in [9.17, 15) is 4.79 Å². The van der Waals surface area contributed by atoms with E-state index in [1.807, 2.05) is 5.92 Å². The Hall–Kier alpha value is -0.810. The van der Waals surface area contributed by atoms with E-state index in [1.54, 1.807) is 6.92 Å². The Labute approximate surface area is 42.7 Å². The maximum atomic E-state index is 10.2. The number of carbonyl (C=O) groups excluding carboxylic acids is 1. The second-order valence-corrected chi connectivity index (χ2v) is 1.30. The van der Waals surface area contributed by atoms with Gasteiger partial charge in [-0.25, -0.2) is 0 Å². The number of nitrogens with two attached hydrogens (primary N) is 1. The number of terminal acetylenes is 1. The molecule has 0 fully saturated rings. The van der Waals surface area contributed by atoms with Gasteiger partial charge in [0.1, 0.15) is 0 Å². The molecule has 0 heterocycles. The number of hydrogen-bond donors (Lipinski definition) is 1. The summed E-state index contributed by atoms with van der Waals surface area (Å²) in [6, 6.07) is -0.509. The minimum atomic E-state index is -0.509. The van der Waals surface area contributed by atoms with Crippen molar-refractivity contribution in [3.63, 3.8) is 0 Å². The summed E-state index contributed by atoms with van der Waals surface area (Å²) in [5.74, 6) is 1.55. The second kappa shape index (κ2) is 2.38. The molecule has 0 aliphatic rings. The second-order valence-electron chi connectivity index (χ2n) is 1.30. The lowest BCUT2D eigenvalue weighted by Crippen LogP contribution is -2.24. The third-order valence-electron chi connectivity index (χ3n) is 0.556.